The molecule has 0 atom stereocenters. The lowest BCUT2D eigenvalue weighted by Gasteiger charge is -2.36. The minimum Gasteiger partial charge on any atom is -0.335 e. The van der Waals surface area contributed by atoms with Gasteiger partial charge in [-0.1, -0.05) is 25.1 Å². The summed E-state index contributed by atoms with van der Waals surface area (Å²) in [5, 5.41) is 4.78. The van der Waals surface area contributed by atoms with Gasteiger partial charge >= 0.3 is 0 Å². The lowest BCUT2D eigenvalue weighted by molar-refractivity contribution is -0.135. The molecular formula is C23H27N5O2. The van der Waals surface area contributed by atoms with Crippen LogP contribution >= 0.6 is 0 Å². The normalized spacial score (nSPS) is 21.6. The van der Waals surface area contributed by atoms with E-state index in [2.05, 4.69) is 21.9 Å². The molecule has 2 saturated carbocycles. The molecule has 1 aromatic carbocycles. The number of aromatic nitrogens is 4. The van der Waals surface area contributed by atoms with Gasteiger partial charge in [0.2, 0.25) is 5.91 Å². The summed E-state index contributed by atoms with van der Waals surface area (Å²) < 4.78 is 3.09. The smallest absolute Gasteiger partial charge is 0.264 e. The first-order chi connectivity index (χ1) is 14.6. The third kappa shape index (κ3) is 3.53. The van der Waals surface area contributed by atoms with Crippen LogP contribution in [0.4, 0.5) is 0 Å². The van der Waals surface area contributed by atoms with Crippen molar-refractivity contribution < 1.29 is 4.79 Å². The summed E-state index contributed by atoms with van der Waals surface area (Å²) in [4.78, 5) is 32.8. The maximum Gasteiger partial charge on any atom is 0.264 e. The molecule has 5 rings (SSSR count). The van der Waals surface area contributed by atoms with Crippen molar-refractivity contribution in [1.82, 2.24) is 24.2 Å². The summed E-state index contributed by atoms with van der Waals surface area (Å²) >= 11 is 0. The topological polar surface area (TPSA) is 73.0 Å². The number of carbonyl (C=O) groups is 1. The summed E-state index contributed by atoms with van der Waals surface area (Å²) in [5.74, 6) is 0.781. The molecule has 7 heteroatoms. The van der Waals surface area contributed by atoms with Gasteiger partial charge in [0.1, 0.15) is 18.3 Å². The predicted molar refractivity (Wildman–Crippen MR) is 114 cm³/mol. The minimum atomic E-state index is -0.219. The van der Waals surface area contributed by atoms with E-state index in [-0.39, 0.29) is 18.0 Å². The van der Waals surface area contributed by atoms with Gasteiger partial charge < -0.3 is 4.90 Å². The molecule has 2 fully saturated rings. The molecule has 0 unspecified atom stereocenters. The first-order valence-corrected chi connectivity index (χ1v) is 10.9. The van der Waals surface area contributed by atoms with Crippen molar-refractivity contribution in [2.75, 3.05) is 0 Å². The molecule has 2 aliphatic rings. The second-order valence-electron chi connectivity index (χ2n) is 8.75. The highest BCUT2D eigenvalue weighted by atomic mass is 16.2. The third-order valence-corrected chi connectivity index (χ3v) is 6.47. The molecule has 2 aliphatic carbocycles. The number of hydrogen-bond donors (Lipinski definition) is 0. The summed E-state index contributed by atoms with van der Waals surface area (Å²) in [7, 11) is 0. The Hall–Kier alpha value is -2.96. The molecule has 0 saturated heterocycles. The fraction of sp³-hybridized carbons (Fsp3) is 0.478. The van der Waals surface area contributed by atoms with Crippen molar-refractivity contribution in [2.24, 2.45) is 5.92 Å². The maximum atomic E-state index is 13.2. The lowest BCUT2D eigenvalue weighted by Crippen LogP contribution is -2.46. The standard InChI is InChI=1S/C23H27N5O2/c1-16-7-9-17(10-8-16)27(18-11-12-18)21(29)14-26-15-24-22-20(23(26)30)13-25-28(22)19-5-3-2-4-6-19/h2-6,13,15-18H,7-12,14H2,1H3. The Morgan fingerprint density at radius 3 is 2.40 bits per heavy atom. The summed E-state index contributed by atoms with van der Waals surface area (Å²) in [6, 6.07) is 10.3. The predicted octanol–water partition coefficient (Wildman–Crippen LogP) is 3.15. The molecule has 2 heterocycles. The number of carbonyl (C=O) groups excluding carboxylic acids is 1. The highest BCUT2D eigenvalue weighted by molar-refractivity contribution is 5.78. The van der Waals surface area contributed by atoms with Crippen molar-refractivity contribution in [3.05, 3.63) is 53.2 Å². The van der Waals surface area contributed by atoms with E-state index in [0.717, 1.165) is 37.3 Å². The number of nitrogens with zero attached hydrogens (tertiary/aromatic N) is 5. The number of amides is 1. The summed E-state index contributed by atoms with van der Waals surface area (Å²) in [6.45, 7) is 2.33. The van der Waals surface area contributed by atoms with E-state index >= 15 is 0 Å². The van der Waals surface area contributed by atoms with Crippen LogP contribution in [0.5, 0.6) is 0 Å². The Labute approximate surface area is 175 Å². The van der Waals surface area contributed by atoms with Crippen molar-refractivity contribution in [1.29, 1.82) is 0 Å². The van der Waals surface area contributed by atoms with E-state index in [4.69, 9.17) is 0 Å². The quantitative estimate of drug-likeness (QED) is 0.654. The molecule has 0 bridgehead atoms. The fourth-order valence-electron chi connectivity index (χ4n) is 4.63. The van der Waals surface area contributed by atoms with Gasteiger partial charge in [-0.25, -0.2) is 9.67 Å². The van der Waals surface area contributed by atoms with Gasteiger partial charge in [0.15, 0.2) is 5.65 Å². The van der Waals surface area contributed by atoms with Crippen LogP contribution in [-0.4, -0.2) is 42.2 Å². The monoisotopic (exact) mass is 405 g/mol. The van der Waals surface area contributed by atoms with Crippen molar-refractivity contribution in [2.45, 2.75) is 64.1 Å². The SMILES string of the molecule is CC1CCC(N(C(=O)Cn2cnc3c(cnn3-c3ccccc3)c2=O)C2CC2)CC1. The van der Waals surface area contributed by atoms with Crippen LogP contribution in [0.1, 0.15) is 45.4 Å². The van der Waals surface area contributed by atoms with Crippen LogP contribution in [0.2, 0.25) is 0 Å². The van der Waals surface area contributed by atoms with Crippen LogP contribution < -0.4 is 5.56 Å². The van der Waals surface area contributed by atoms with E-state index in [0.29, 0.717) is 23.1 Å². The highest BCUT2D eigenvalue weighted by Crippen LogP contribution is 2.35. The fourth-order valence-corrected chi connectivity index (χ4v) is 4.63. The molecule has 0 aliphatic heterocycles. The van der Waals surface area contributed by atoms with Gasteiger partial charge in [-0.3, -0.25) is 14.2 Å². The third-order valence-electron chi connectivity index (χ3n) is 6.47. The van der Waals surface area contributed by atoms with Crippen LogP contribution in [0, 0.1) is 5.92 Å². The zero-order chi connectivity index (χ0) is 20.7. The van der Waals surface area contributed by atoms with E-state index in [9.17, 15) is 9.59 Å². The van der Waals surface area contributed by atoms with E-state index in [1.165, 1.54) is 23.7 Å². The van der Waals surface area contributed by atoms with Gasteiger partial charge in [0.25, 0.3) is 5.56 Å². The van der Waals surface area contributed by atoms with Gasteiger partial charge in [0.05, 0.1) is 11.9 Å². The van der Waals surface area contributed by atoms with Crippen LogP contribution in [-0.2, 0) is 11.3 Å². The van der Waals surface area contributed by atoms with Gasteiger partial charge in [0, 0.05) is 12.1 Å². The molecule has 30 heavy (non-hydrogen) atoms. The highest BCUT2D eigenvalue weighted by Gasteiger charge is 2.38. The molecule has 1 amide bonds. The van der Waals surface area contributed by atoms with E-state index in [1.807, 2.05) is 30.3 Å². The zero-order valence-corrected chi connectivity index (χ0v) is 17.3. The average molecular weight is 406 g/mol. The van der Waals surface area contributed by atoms with Crippen molar-refractivity contribution in [3.63, 3.8) is 0 Å². The first-order valence-electron chi connectivity index (χ1n) is 10.9. The largest absolute Gasteiger partial charge is 0.335 e. The maximum absolute atomic E-state index is 13.2. The van der Waals surface area contributed by atoms with Gasteiger partial charge in [-0.15, -0.1) is 0 Å². The number of hydrogen-bond acceptors (Lipinski definition) is 4. The molecule has 0 N–H and O–H groups in total. The van der Waals surface area contributed by atoms with Crippen LogP contribution in [0.15, 0.2) is 47.7 Å². The molecule has 156 valence electrons. The number of fused-ring (bicyclic) bond motifs is 1. The molecule has 3 aromatic rings. The van der Waals surface area contributed by atoms with Crippen LogP contribution in [0.25, 0.3) is 16.7 Å². The Kier molecular flexibility index (Phi) is 4.89. The molecular weight excluding hydrogens is 378 g/mol. The number of rotatable bonds is 5. The van der Waals surface area contributed by atoms with E-state index < -0.39 is 0 Å². The Morgan fingerprint density at radius 2 is 1.73 bits per heavy atom. The van der Waals surface area contributed by atoms with Crippen molar-refractivity contribution >= 4 is 16.9 Å². The Morgan fingerprint density at radius 1 is 1.07 bits per heavy atom. The molecule has 0 radical (unpaired) electrons. The molecule has 0 spiro atoms. The minimum absolute atomic E-state index is 0.0377. The lowest BCUT2D eigenvalue weighted by atomic mass is 9.86. The Bertz CT molecular complexity index is 1110. The first kappa shape index (κ1) is 19.0. The van der Waals surface area contributed by atoms with Gasteiger partial charge in [-0.05, 0) is 56.6 Å². The Balaban J connectivity index is 1.40. The second kappa shape index (κ2) is 7.70. The van der Waals surface area contributed by atoms with Crippen LogP contribution in [0.3, 0.4) is 0 Å². The zero-order valence-electron chi connectivity index (χ0n) is 17.3. The molecule has 2 aromatic heterocycles. The van der Waals surface area contributed by atoms with Crippen molar-refractivity contribution in [3.8, 4) is 5.69 Å². The number of para-hydroxylation sites is 1. The van der Waals surface area contributed by atoms with Gasteiger partial charge in [-0.2, -0.15) is 5.10 Å². The number of benzene rings is 1. The summed E-state index contributed by atoms with van der Waals surface area (Å²) in [6.07, 6.45) is 9.67. The summed E-state index contributed by atoms with van der Waals surface area (Å²) in [5.41, 5.74) is 1.14. The second-order valence-corrected chi connectivity index (χ2v) is 8.75. The molecule has 7 nitrogen and oxygen atoms in total. The average Bonchev–Trinajstić information content (AvgIpc) is 3.49. The van der Waals surface area contributed by atoms with E-state index in [1.54, 1.807) is 10.9 Å².